The summed E-state index contributed by atoms with van der Waals surface area (Å²) in [6.45, 7) is 1.93. The average Bonchev–Trinajstić information content (AvgIpc) is 2.93. The largest absolute Gasteiger partial charge is 0.481 e. The lowest BCUT2D eigenvalue weighted by molar-refractivity contribution is -0.138. The fourth-order valence-corrected chi connectivity index (χ4v) is 3.88. The van der Waals surface area contributed by atoms with Crippen LogP contribution in [-0.4, -0.2) is 31.0 Å². The van der Waals surface area contributed by atoms with Gasteiger partial charge in [-0.2, -0.15) is 0 Å². The predicted molar refractivity (Wildman–Crippen MR) is 63.7 cm³/mol. The minimum Gasteiger partial charge on any atom is -0.481 e. The lowest BCUT2D eigenvalue weighted by atomic mass is 10.1. The van der Waals surface area contributed by atoms with Crippen LogP contribution in [0.5, 0.6) is 0 Å². The minimum absolute atomic E-state index is 0.400. The van der Waals surface area contributed by atoms with E-state index < -0.39 is 32.9 Å². The summed E-state index contributed by atoms with van der Waals surface area (Å²) in [5.41, 5.74) is 1.86. The quantitative estimate of drug-likeness (QED) is 0.880. The Kier molecular flexibility index (Phi) is 2.73. The number of carbonyl (C=O) groups is 1. The van der Waals surface area contributed by atoms with Gasteiger partial charge in [-0.25, -0.2) is 8.42 Å². The molecule has 1 aliphatic carbocycles. The number of benzene rings is 1. The summed E-state index contributed by atoms with van der Waals surface area (Å²) in [5.74, 6) is -2.23. The van der Waals surface area contributed by atoms with Crippen molar-refractivity contribution >= 4 is 15.8 Å². The number of sulfone groups is 1. The molecule has 0 radical (unpaired) electrons. The monoisotopic (exact) mass is 254 g/mol. The highest BCUT2D eigenvalue weighted by atomic mass is 32.2. The first kappa shape index (κ1) is 12.1. The summed E-state index contributed by atoms with van der Waals surface area (Å²) in [5, 5.41) is 8.23. The zero-order valence-corrected chi connectivity index (χ0v) is 10.4. The van der Waals surface area contributed by atoms with Crippen molar-refractivity contribution in [2.24, 2.45) is 5.92 Å². The number of aryl methyl sites for hydroxylation is 1. The number of hydrogen-bond donors (Lipinski definition) is 1. The van der Waals surface area contributed by atoms with E-state index in [2.05, 4.69) is 0 Å². The van der Waals surface area contributed by atoms with Crippen molar-refractivity contribution in [2.45, 2.75) is 18.1 Å². The molecule has 0 bridgehead atoms. The molecule has 92 valence electrons. The lowest BCUT2D eigenvalue weighted by Gasteiger charge is -1.99. The van der Waals surface area contributed by atoms with Crippen LogP contribution in [-0.2, 0) is 14.6 Å². The van der Waals surface area contributed by atoms with Crippen LogP contribution in [0, 0.1) is 12.8 Å². The summed E-state index contributed by atoms with van der Waals surface area (Å²) in [7, 11) is -3.31. The van der Waals surface area contributed by atoms with Crippen LogP contribution in [0.3, 0.4) is 0 Å². The molecule has 0 aromatic heterocycles. The predicted octanol–water partition coefficient (Wildman–Crippen LogP) is 1.21. The molecule has 4 nitrogen and oxygen atoms in total. The van der Waals surface area contributed by atoms with Crippen molar-refractivity contribution in [3.63, 3.8) is 0 Å². The van der Waals surface area contributed by atoms with Crippen molar-refractivity contribution < 1.29 is 18.3 Å². The van der Waals surface area contributed by atoms with Gasteiger partial charge in [0.2, 0.25) is 0 Å². The normalized spacial score (nSPS) is 27.8. The first-order chi connectivity index (χ1) is 7.82. The molecular weight excluding hydrogens is 240 g/mol. The van der Waals surface area contributed by atoms with Gasteiger partial charge in [-0.1, -0.05) is 29.8 Å². The number of carboxylic acids is 1. The molecule has 5 heteroatoms. The maximum Gasteiger partial charge on any atom is 0.308 e. The van der Waals surface area contributed by atoms with Crippen LogP contribution >= 0.6 is 0 Å². The Labute approximate surface area is 100 Å². The van der Waals surface area contributed by atoms with Gasteiger partial charge < -0.3 is 5.11 Å². The molecule has 0 saturated heterocycles. The fourth-order valence-electron chi connectivity index (χ4n) is 2.30. The zero-order valence-electron chi connectivity index (χ0n) is 9.62. The Bertz CT molecular complexity index is 544. The van der Waals surface area contributed by atoms with Gasteiger partial charge in [-0.15, -0.1) is 0 Å². The van der Waals surface area contributed by atoms with E-state index in [9.17, 15) is 13.2 Å². The average molecular weight is 254 g/mol. The van der Waals surface area contributed by atoms with Gasteiger partial charge in [-0.05, 0) is 12.5 Å². The molecular formula is C12H14O4S. The van der Waals surface area contributed by atoms with Crippen LogP contribution in [0.2, 0.25) is 0 Å². The van der Waals surface area contributed by atoms with Crippen LogP contribution in [0.4, 0.5) is 0 Å². The highest BCUT2D eigenvalue weighted by Gasteiger charge is 2.61. The number of carboxylic acid groups (broad SMARTS) is 1. The third-order valence-corrected chi connectivity index (χ3v) is 4.77. The lowest BCUT2D eigenvalue weighted by Crippen LogP contribution is -2.10. The molecule has 1 aliphatic rings. The topological polar surface area (TPSA) is 71.4 Å². The van der Waals surface area contributed by atoms with Crippen LogP contribution in [0.1, 0.15) is 17.0 Å². The van der Waals surface area contributed by atoms with E-state index in [1.807, 2.05) is 19.1 Å². The maximum absolute atomic E-state index is 11.5. The highest BCUT2D eigenvalue weighted by molar-refractivity contribution is 7.91. The third-order valence-electron chi connectivity index (χ3n) is 3.20. The summed E-state index contributed by atoms with van der Waals surface area (Å²) >= 11 is 0. The van der Waals surface area contributed by atoms with E-state index in [1.54, 1.807) is 12.1 Å². The molecule has 1 aromatic rings. The van der Waals surface area contributed by atoms with E-state index in [-0.39, 0.29) is 0 Å². The summed E-state index contributed by atoms with van der Waals surface area (Å²) < 4.78 is 23.0. The number of rotatable bonds is 3. The first-order valence-corrected chi connectivity index (χ1v) is 7.26. The third kappa shape index (κ3) is 2.20. The second kappa shape index (κ2) is 3.84. The molecule has 1 N–H and O–H groups in total. The van der Waals surface area contributed by atoms with Gasteiger partial charge in [0.05, 0.1) is 11.2 Å². The van der Waals surface area contributed by atoms with E-state index in [0.29, 0.717) is 0 Å². The van der Waals surface area contributed by atoms with Crippen molar-refractivity contribution in [3.8, 4) is 0 Å². The zero-order chi connectivity index (χ0) is 12.8. The van der Waals surface area contributed by atoms with Gasteiger partial charge >= 0.3 is 5.97 Å². The Hall–Kier alpha value is -1.36. The van der Waals surface area contributed by atoms with Crippen molar-refractivity contribution in [1.82, 2.24) is 0 Å². The molecule has 0 unspecified atom stereocenters. The molecule has 1 fully saturated rings. The van der Waals surface area contributed by atoms with Crippen LogP contribution in [0.25, 0.3) is 0 Å². The minimum atomic E-state index is -3.31. The number of hydrogen-bond acceptors (Lipinski definition) is 3. The van der Waals surface area contributed by atoms with Crippen molar-refractivity contribution in [3.05, 3.63) is 35.4 Å². The second-order valence-corrected chi connectivity index (χ2v) is 6.80. The molecule has 0 aliphatic heterocycles. The Morgan fingerprint density at radius 3 is 2.12 bits per heavy atom. The fraction of sp³-hybridized carbons (Fsp3) is 0.417. The number of aliphatic carboxylic acids is 1. The van der Waals surface area contributed by atoms with Gasteiger partial charge in [0.25, 0.3) is 0 Å². The van der Waals surface area contributed by atoms with E-state index in [0.717, 1.165) is 17.4 Å². The van der Waals surface area contributed by atoms with E-state index in [4.69, 9.17) is 5.11 Å². The van der Waals surface area contributed by atoms with Gasteiger partial charge in [0.1, 0.15) is 0 Å². The molecule has 0 spiro atoms. The van der Waals surface area contributed by atoms with Gasteiger partial charge in [0, 0.05) is 12.2 Å². The molecule has 17 heavy (non-hydrogen) atoms. The molecule has 0 amide bonds. The molecule has 0 heterocycles. The highest BCUT2D eigenvalue weighted by Crippen LogP contribution is 2.52. The smallest absolute Gasteiger partial charge is 0.308 e. The van der Waals surface area contributed by atoms with Crippen LogP contribution in [0.15, 0.2) is 24.3 Å². The van der Waals surface area contributed by atoms with Crippen molar-refractivity contribution in [2.75, 3.05) is 6.26 Å². The molecule has 1 aromatic carbocycles. The standard InChI is InChI=1S/C12H14O4S/c1-7-3-5-8(6-4-7)9-10(12(13)14)11(9)17(2,15)16/h3-6,9-11H,1-2H3,(H,13,14)/t9-,10-,11+/m1/s1. The Morgan fingerprint density at radius 2 is 1.76 bits per heavy atom. The SMILES string of the molecule is Cc1ccc([C@@H]2[C@@H](C(=O)O)[C@H]2S(C)(=O)=O)cc1. The van der Waals surface area contributed by atoms with E-state index >= 15 is 0 Å². The molecule has 3 atom stereocenters. The summed E-state index contributed by atoms with van der Waals surface area (Å²) in [6.07, 6.45) is 1.10. The second-order valence-electron chi connectivity index (χ2n) is 4.59. The summed E-state index contributed by atoms with van der Waals surface area (Å²) in [4.78, 5) is 11.0. The van der Waals surface area contributed by atoms with Gasteiger partial charge in [0.15, 0.2) is 9.84 Å². The Morgan fingerprint density at radius 1 is 1.24 bits per heavy atom. The van der Waals surface area contributed by atoms with Crippen molar-refractivity contribution in [1.29, 1.82) is 0 Å². The van der Waals surface area contributed by atoms with Gasteiger partial charge in [-0.3, -0.25) is 4.79 Å². The van der Waals surface area contributed by atoms with Crippen LogP contribution < -0.4 is 0 Å². The first-order valence-electron chi connectivity index (χ1n) is 5.30. The molecule has 1 saturated carbocycles. The molecule has 2 rings (SSSR count). The summed E-state index contributed by atoms with van der Waals surface area (Å²) in [6, 6.07) is 7.35. The van der Waals surface area contributed by atoms with E-state index in [1.165, 1.54) is 0 Å². The Balaban J connectivity index is 2.34. The maximum atomic E-state index is 11.5.